The van der Waals surface area contributed by atoms with Crippen molar-refractivity contribution in [3.05, 3.63) is 0 Å². The van der Waals surface area contributed by atoms with Crippen molar-refractivity contribution in [3.63, 3.8) is 0 Å². The highest BCUT2D eigenvalue weighted by Crippen LogP contribution is 1.83. The molecule has 0 radical (unpaired) electrons. The highest BCUT2D eigenvalue weighted by atomic mass is 32.3. The maximum atomic E-state index is 9.95. The normalized spacial score (nSPS) is 14.8. The van der Waals surface area contributed by atoms with E-state index in [0.717, 1.165) is 0 Å². The molecule has 0 saturated carbocycles. The second kappa shape index (κ2) is 4.62. The molecular formula is C4H12N2O4S. The van der Waals surface area contributed by atoms with Gasteiger partial charge in [-0.15, -0.1) is 0 Å². The molecule has 7 heteroatoms. The molecule has 0 rings (SSSR count). The Balaban J connectivity index is 3.30. The van der Waals surface area contributed by atoms with E-state index < -0.39 is 10.4 Å². The molecule has 0 aliphatic rings. The fourth-order valence-electron chi connectivity index (χ4n) is 0.434. The van der Waals surface area contributed by atoms with E-state index in [1.807, 2.05) is 0 Å². The quantitative estimate of drug-likeness (QED) is 0.279. The molecule has 0 spiro atoms. The Morgan fingerprint density at radius 1 is 1.73 bits per heavy atom. The van der Waals surface area contributed by atoms with Gasteiger partial charge in [-0.05, 0) is 6.92 Å². The zero-order valence-corrected chi connectivity index (χ0v) is 6.97. The Hall–Kier alpha value is -0.210. The molecule has 0 aromatic heterocycles. The lowest BCUT2D eigenvalue weighted by atomic mass is 10.5. The first-order valence-corrected chi connectivity index (χ1v) is 4.39. The van der Waals surface area contributed by atoms with Crippen LogP contribution < -0.4 is 11.1 Å². The summed E-state index contributed by atoms with van der Waals surface area (Å²) in [4.78, 5) is 0. The van der Waals surface area contributed by atoms with Crippen molar-refractivity contribution in [3.8, 4) is 0 Å². The van der Waals surface area contributed by atoms with E-state index in [1.165, 1.54) is 0 Å². The van der Waals surface area contributed by atoms with E-state index in [4.69, 9.17) is 10.3 Å². The number of nitrogens with two attached hydrogens (primary N) is 1. The molecule has 0 fully saturated rings. The molecule has 0 bridgehead atoms. The van der Waals surface area contributed by atoms with Gasteiger partial charge in [-0.25, -0.2) is 4.18 Å². The van der Waals surface area contributed by atoms with Gasteiger partial charge in [-0.1, -0.05) is 0 Å². The molecular weight excluding hydrogens is 172 g/mol. The fraction of sp³-hybridized carbons (Fsp3) is 1.00. The maximum Gasteiger partial charge on any atom is 0.397 e. The van der Waals surface area contributed by atoms with E-state index in [0.29, 0.717) is 0 Å². The van der Waals surface area contributed by atoms with Crippen LogP contribution in [0.25, 0.3) is 0 Å². The van der Waals surface area contributed by atoms with E-state index in [1.54, 1.807) is 6.92 Å². The molecule has 11 heavy (non-hydrogen) atoms. The summed E-state index contributed by atoms with van der Waals surface area (Å²) in [6, 6.07) is 0. The van der Waals surface area contributed by atoms with Crippen molar-refractivity contribution in [2.75, 3.05) is 13.2 Å². The minimum atomic E-state index is -4.30. The Bertz CT molecular complexity index is 188. The van der Waals surface area contributed by atoms with Crippen LogP contribution in [-0.2, 0) is 14.6 Å². The summed E-state index contributed by atoms with van der Waals surface area (Å²) >= 11 is 0. The minimum absolute atomic E-state index is 0.125. The molecule has 1 unspecified atom stereocenters. The first-order valence-electron chi connectivity index (χ1n) is 3.02. The molecule has 1 atom stereocenters. The Kier molecular flexibility index (Phi) is 4.54. The third-order valence-corrected chi connectivity index (χ3v) is 1.27. The van der Waals surface area contributed by atoms with Gasteiger partial charge in [0.05, 0.1) is 12.8 Å². The average molecular weight is 184 g/mol. The first kappa shape index (κ1) is 10.8. The topological polar surface area (TPSA) is 102 Å². The van der Waals surface area contributed by atoms with Crippen LogP contribution in [0.3, 0.4) is 0 Å². The predicted molar refractivity (Wildman–Crippen MR) is 39.2 cm³/mol. The van der Waals surface area contributed by atoms with Crippen LogP contribution in [0.1, 0.15) is 6.92 Å². The van der Waals surface area contributed by atoms with Crippen molar-refractivity contribution in [2.24, 2.45) is 5.73 Å². The van der Waals surface area contributed by atoms with Gasteiger partial charge in [0, 0.05) is 6.54 Å². The maximum absolute atomic E-state index is 9.95. The molecule has 0 heterocycles. The standard InChI is InChI=1S/C4H12N2O4S/c1-4(5)6-2-3-10-11(7,8)9/h4,6H,2-3,5H2,1H3,(H,7,8,9). The van der Waals surface area contributed by atoms with Gasteiger partial charge in [0.1, 0.15) is 0 Å². The summed E-state index contributed by atoms with van der Waals surface area (Å²) in [6.07, 6.45) is -0.222. The van der Waals surface area contributed by atoms with Crippen LogP contribution in [0.5, 0.6) is 0 Å². The van der Waals surface area contributed by atoms with E-state index in [2.05, 4.69) is 9.50 Å². The molecule has 0 aromatic rings. The summed E-state index contributed by atoms with van der Waals surface area (Å²) in [6.45, 7) is 1.85. The summed E-state index contributed by atoms with van der Waals surface area (Å²) in [5.74, 6) is 0. The first-order chi connectivity index (χ1) is 4.92. The van der Waals surface area contributed by atoms with Crippen LogP contribution in [0.4, 0.5) is 0 Å². The minimum Gasteiger partial charge on any atom is -0.316 e. The molecule has 0 aromatic carbocycles. The van der Waals surface area contributed by atoms with Gasteiger partial charge in [0.25, 0.3) is 0 Å². The lowest BCUT2D eigenvalue weighted by molar-refractivity contribution is 0.264. The lowest BCUT2D eigenvalue weighted by Gasteiger charge is -2.06. The average Bonchev–Trinajstić information content (AvgIpc) is 1.78. The monoisotopic (exact) mass is 184 g/mol. The zero-order chi connectivity index (χ0) is 8.91. The third kappa shape index (κ3) is 9.79. The number of nitrogens with one attached hydrogen (secondary N) is 1. The van der Waals surface area contributed by atoms with Crippen molar-refractivity contribution in [1.29, 1.82) is 0 Å². The van der Waals surface area contributed by atoms with Crippen LogP contribution in [0.2, 0.25) is 0 Å². The van der Waals surface area contributed by atoms with E-state index >= 15 is 0 Å². The van der Waals surface area contributed by atoms with Gasteiger partial charge in [0.2, 0.25) is 0 Å². The Morgan fingerprint density at radius 2 is 2.27 bits per heavy atom. The summed E-state index contributed by atoms with van der Waals surface area (Å²) < 4.78 is 32.0. The van der Waals surface area contributed by atoms with Gasteiger partial charge in [-0.3, -0.25) is 9.87 Å². The lowest BCUT2D eigenvalue weighted by Crippen LogP contribution is -2.36. The largest absolute Gasteiger partial charge is 0.397 e. The third-order valence-electron chi connectivity index (χ3n) is 0.801. The fourth-order valence-corrected chi connectivity index (χ4v) is 0.728. The highest BCUT2D eigenvalue weighted by molar-refractivity contribution is 7.80. The van der Waals surface area contributed by atoms with Crippen molar-refractivity contribution >= 4 is 10.4 Å². The molecule has 0 saturated heterocycles. The molecule has 4 N–H and O–H groups in total. The van der Waals surface area contributed by atoms with Crippen molar-refractivity contribution in [2.45, 2.75) is 13.1 Å². The summed E-state index contributed by atoms with van der Waals surface area (Å²) in [7, 11) is -4.30. The molecule has 0 aliphatic heterocycles. The second-order valence-electron chi connectivity index (χ2n) is 1.99. The van der Waals surface area contributed by atoms with Gasteiger partial charge in [-0.2, -0.15) is 8.42 Å². The highest BCUT2D eigenvalue weighted by Gasteiger charge is 2.02. The number of rotatable bonds is 5. The zero-order valence-electron chi connectivity index (χ0n) is 6.15. The van der Waals surface area contributed by atoms with Gasteiger partial charge >= 0.3 is 10.4 Å². The van der Waals surface area contributed by atoms with E-state index in [-0.39, 0.29) is 19.3 Å². The van der Waals surface area contributed by atoms with Crippen molar-refractivity contribution < 1.29 is 17.2 Å². The molecule has 0 aliphatic carbocycles. The van der Waals surface area contributed by atoms with E-state index in [9.17, 15) is 8.42 Å². The predicted octanol–water partition coefficient (Wildman–Crippen LogP) is -1.30. The molecule has 0 amide bonds. The SMILES string of the molecule is CC(N)NCCOS(=O)(=O)O. The second-order valence-corrected chi connectivity index (χ2v) is 3.08. The Labute approximate surface area is 65.7 Å². The smallest absolute Gasteiger partial charge is 0.316 e. The number of hydrogen-bond donors (Lipinski definition) is 3. The van der Waals surface area contributed by atoms with Gasteiger partial charge < -0.3 is 5.73 Å². The van der Waals surface area contributed by atoms with Crippen LogP contribution in [-0.4, -0.2) is 32.3 Å². The number of hydrogen-bond acceptors (Lipinski definition) is 5. The summed E-state index contributed by atoms with van der Waals surface area (Å²) in [5.41, 5.74) is 5.26. The van der Waals surface area contributed by atoms with Crippen molar-refractivity contribution in [1.82, 2.24) is 5.32 Å². The summed E-state index contributed by atoms with van der Waals surface area (Å²) in [5, 5.41) is 2.70. The Morgan fingerprint density at radius 3 is 2.64 bits per heavy atom. The van der Waals surface area contributed by atoms with Gasteiger partial charge in [0.15, 0.2) is 0 Å². The molecule has 6 nitrogen and oxygen atoms in total. The molecule has 68 valence electrons. The van der Waals surface area contributed by atoms with Crippen LogP contribution in [0, 0.1) is 0 Å². The van der Waals surface area contributed by atoms with Crippen LogP contribution >= 0.6 is 0 Å². The van der Waals surface area contributed by atoms with Crippen LogP contribution in [0.15, 0.2) is 0 Å².